The van der Waals surface area contributed by atoms with Crippen LogP contribution in [0.2, 0.25) is 0 Å². The molecule has 1 aliphatic heterocycles. The summed E-state index contributed by atoms with van der Waals surface area (Å²) in [5, 5.41) is 3.05. The van der Waals surface area contributed by atoms with Crippen LogP contribution in [0.15, 0.2) is 36.7 Å². The third-order valence-electron chi connectivity index (χ3n) is 4.60. The molecule has 2 heterocycles. The van der Waals surface area contributed by atoms with Crippen molar-refractivity contribution in [3.05, 3.63) is 47.9 Å². The molecule has 1 saturated heterocycles. The molecule has 3 rings (SSSR count). The maximum atomic E-state index is 12.4. The van der Waals surface area contributed by atoms with E-state index in [2.05, 4.69) is 20.2 Å². The van der Waals surface area contributed by atoms with Gasteiger partial charge >= 0.3 is 0 Å². The van der Waals surface area contributed by atoms with E-state index in [-0.39, 0.29) is 11.8 Å². The van der Waals surface area contributed by atoms with Crippen LogP contribution in [0.5, 0.6) is 5.75 Å². The number of hydrogen-bond donors (Lipinski definition) is 1. The van der Waals surface area contributed by atoms with Crippen molar-refractivity contribution >= 4 is 11.7 Å². The van der Waals surface area contributed by atoms with Crippen molar-refractivity contribution in [3.8, 4) is 5.75 Å². The van der Waals surface area contributed by atoms with Gasteiger partial charge in [0.2, 0.25) is 5.91 Å². The Balaban J connectivity index is 1.48. The summed E-state index contributed by atoms with van der Waals surface area (Å²) < 4.78 is 5.14. The van der Waals surface area contributed by atoms with Crippen LogP contribution in [0.4, 0.5) is 5.82 Å². The van der Waals surface area contributed by atoms with Crippen LogP contribution < -0.4 is 15.0 Å². The molecular formula is C19H24N4O2. The summed E-state index contributed by atoms with van der Waals surface area (Å²) in [6.45, 7) is 4.20. The molecule has 0 radical (unpaired) electrons. The lowest BCUT2D eigenvalue weighted by Crippen LogP contribution is -2.40. The summed E-state index contributed by atoms with van der Waals surface area (Å²) in [4.78, 5) is 23.1. The highest BCUT2D eigenvalue weighted by molar-refractivity contribution is 5.79. The second-order valence-electron chi connectivity index (χ2n) is 6.34. The maximum Gasteiger partial charge on any atom is 0.223 e. The Kier molecular flexibility index (Phi) is 5.48. The number of nitrogens with zero attached hydrogens (tertiary/aromatic N) is 3. The zero-order chi connectivity index (χ0) is 17.6. The molecule has 1 aromatic carbocycles. The second-order valence-corrected chi connectivity index (χ2v) is 6.34. The highest BCUT2D eigenvalue weighted by Crippen LogP contribution is 2.22. The Morgan fingerprint density at radius 1 is 1.24 bits per heavy atom. The lowest BCUT2D eigenvalue weighted by atomic mass is 9.96. The first-order valence-corrected chi connectivity index (χ1v) is 8.60. The number of carbonyl (C=O) groups is 1. The zero-order valence-electron chi connectivity index (χ0n) is 14.7. The number of benzene rings is 1. The lowest BCUT2D eigenvalue weighted by Gasteiger charge is -2.32. The van der Waals surface area contributed by atoms with Gasteiger partial charge in [0.25, 0.3) is 0 Å². The van der Waals surface area contributed by atoms with E-state index < -0.39 is 0 Å². The van der Waals surface area contributed by atoms with Gasteiger partial charge in [-0.05, 0) is 37.5 Å². The fraction of sp³-hybridized carbons (Fsp3) is 0.421. The topological polar surface area (TPSA) is 67.3 Å². The predicted octanol–water partition coefficient (Wildman–Crippen LogP) is 2.33. The number of methoxy groups -OCH3 is 1. The zero-order valence-corrected chi connectivity index (χ0v) is 14.7. The van der Waals surface area contributed by atoms with E-state index in [0.717, 1.165) is 48.8 Å². The first kappa shape index (κ1) is 17.2. The van der Waals surface area contributed by atoms with E-state index in [9.17, 15) is 4.79 Å². The smallest absolute Gasteiger partial charge is 0.223 e. The molecule has 0 saturated carbocycles. The minimum absolute atomic E-state index is 0.0671. The van der Waals surface area contributed by atoms with Crippen molar-refractivity contribution in [2.75, 3.05) is 25.1 Å². The summed E-state index contributed by atoms with van der Waals surface area (Å²) in [5.41, 5.74) is 2.03. The molecule has 25 heavy (non-hydrogen) atoms. The second kappa shape index (κ2) is 7.96. The van der Waals surface area contributed by atoms with E-state index >= 15 is 0 Å². The molecule has 1 fully saturated rings. The van der Waals surface area contributed by atoms with Crippen LogP contribution in [0.1, 0.15) is 24.1 Å². The number of piperidine rings is 1. The van der Waals surface area contributed by atoms with E-state index in [1.165, 1.54) is 0 Å². The van der Waals surface area contributed by atoms with E-state index in [1.54, 1.807) is 13.4 Å². The number of aromatic nitrogens is 2. The number of anilines is 1. The Labute approximate surface area is 148 Å². The molecule has 0 bridgehead atoms. The largest absolute Gasteiger partial charge is 0.497 e. The van der Waals surface area contributed by atoms with Crippen molar-refractivity contribution < 1.29 is 9.53 Å². The van der Waals surface area contributed by atoms with Crippen molar-refractivity contribution in [1.29, 1.82) is 0 Å². The molecule has 1 N–H and O–H groups in total. The fourth-order valence-electron chi connectivity index (χ4n) is 3.06. The van der Waals surface area contributed by atoms with Gasteiger partial charge in [-0.3, -0.25) is 4.79 Å². The molecule has 6 heteroatoms. The molecule has 0 unspecified atom stereocenters. The van der Waals surface area contributed by atoms with E-state index in [4.69, 9.17) is 4.74 Å². The average Bonchev–Trinajstić information content (AvgIpc) is 2.66. The summed E-state index contributed by atoms with van der Waals surface area (Å²) in [7, 11) is 1.64. The maximum absolute atomic E-state index is 12.4. The van der Waals surface area contributed by atoms with E-state index in [1.807, 2.05) is 37.3 Å². The van der Waals surface area contributed by atoms with Crippen molar-refractivity contribution in [2.45, 2.75) is 26.3 Å². The molecular weight excluding hydrogens is 316 g/mol. The molecule has 6 nitrogen and oxygen atoms in total. The van der Waals surface area contributed by atoms with Crippen LogP contribution in [0.25, 0.3) is 0 Å². The Morgan fingerprint density at radius 2 is 1.96 bits per heavy atom. The van der Waals surface area contributed by atoms with E-state index in [0.29, 0.717) is 6.54 Å². The van der Waals surface area contributed by atoms with Gasteiger partial charge in [-0.15, -0.1) is 0 Å². The first-order chi connectivity index (χ1) is 12.2. The van der Waals surface area contributed by atoms with Gasteiger partial charge in [-0.25, -0.2) is 9.97 Å². The Bertz CT molecular complexity index is 710. The van der Waals surface area contributed by atoms with Crippen molar-refractivity contribution in [1.82, 2.24) is 15.3 Å². The van der Waals surface area contributed by atoms with Crippen molar-refractivity contribution in [2.24, 2.45) is 5.92 Å². The van der Waals surface area contributed by atoms with Crippen LogP contribution in [0, 0.1) is 12.8 Å². The third kappa shape index (κ3) is 4.47. The number of ether oxygens (including phenoxy) is 1. The number of hydrogen-bond acceptors (Lipinski definition) is 5. The minimum atomic E-state index is 0.0671. The Hall–Kier alpha value is -2.63. The predicted molar refractivity (Wildman–Crippen MR) is 96.5 cm³/mol. The molecule has 1 aliphatic rings. The monoisotopic (exact) mass is 340 g/mol. The third-order valence-corrected chi connectivity index (χ3v) is 4.60. The molecule has 2 aromatic rings. The Morgan fingerprint density at radius 3 is 2.60 bits per heavy atom. The van der Waals surface area contributed by atoms with Gasteiger partial charge in [0, 0.05) is 37.3 Å². The standard InChI is InChI=1S/C19H24N4O2/c1-14-11-18(22-13-21-14)23-9-7-16(8-10-23)19(24)20-12-15-3-5-17(25-2)6-4-15/h3-6,11,13,16H,7-10,12H2,1-2H3,(H,20,24). The SMILES string of the molecule is COc1ccc(CNC(=O)C2CCN(c3cc(C)ncn3)CC2)cc1. The number of rotatable bonds is 5. The van der Waals surface area contributed by atoms with Gasteiger partial charge in [0.1, 0.15) is 17.9 Å². The van der Waals surface area contributed by atoms with Crippen LogP contribution in [0.3, 0.4) is 0 Å². The van der Waals surface area contributed by atoms with Gasteiger partial charge in [0.05, 0.1) is 7.11 Å². The molecule has 132 valence electrons. The molecule has 1 aromatic heterocycles. The van der Waals surface area contributed by atoms with Gasteiger partial charge < -0.3 is 15.0 Å². The average molecular weight is 340 g/mol. The molecule has 0 atom stereocenters. The number of carbonyl (C=O) groups excluding carboxylic acids is 1. The summed E-state index contributed by atoms with van der Waals surface area (Å²) in [6, 6.07) is 9.75. The number of nitrogens with one attached hydrogen (secondary N) is 1. The highest BCUT2D eigenvalue weighted by atomic mass is 16.5. The fourth-order valence-corrected chi connectivity index (χ4v) is 3.06. The quantitative estimate of drug-likeness (QED) is 0.905. The van der Waals surface area contributed by atoms with Crippen LogP contribution in [-0.4, -0.2) is 36.1 Å². The summed E-state index contributed by atoms with van der Waals surface area (Å²) >= 11 is 0. The summed E-state index contributed by atoms with van der Waals surface area (Å²) in [6.07, 6.45) is 3.29. The van der Waals surface area contributed by atoms with Crippen LogP contribution >= 0.6 is 0 Å². The minimum Gasteiger partial charge on any atom is -0.497 e. The molecule has 0 spiro atoms. The van der Waals surface area contributed by atoms with Crippen LogP contribution in [-0.2, 0) is 11.3 Å². The summed E-state index contributed by atoms with van der Waals surface area (Å²) in [5.74, 6) is 1.97. The number of aryl methyl sites for hydroxylation is 1. The van der Waals surface area contributed by atoms with Gasteiger partial charge in [-0.1, -0.05) is 12.1 Å². The van der Waals surface area contributed by atoms with Crippen molar-refractivity contribution in [3.63, 3.8) is 0 Å². The highest BCUT2D eigenvalue weighted by Gasteiger charge is 2.25. The lowest BCUT2D eigenvalue weighted by molar-refractivity contribution is -0.125. The van der Waals surface area contributed by atoms with Gasteiger partial charge in [-0.2, -0.15) is 0 Å². The normalized spacial score (nSPS) is 15.0. The molecule has 1 amide bonds. The van der Waals surface area contributed by atoms with Gasteiger partial charge in [0.15, 0.2) is 0 Å². The number of amides is 1. The molecule has 0 aliphatic carbocycles. The first-order valence-electron chi connectivity index (χ1n) is 8.60.